The summed E-state index contributed by atoms with van der Waals surface area (Å²) in [6.45, 7) is 9.96. The Kier molecular flexibility index (Phi) is 8.25. The maximum absolute atomic E-state index is 13.5. The SMILES string of the molecule is CCOc1ccc(C2CC(c3ccc(OC)c(OC)c3)=NN2C(=O)CN2CCN(CC)CC2)cc1. The van der Waals surface area contributed by atoms with E-state index in [4.69, 9.17) is 19.3 Å². The van der Waals surface area contributed by atoms with E-state index < -0.39 is 0 Å². The van der Waals surface area contributed by atoms with E-state index in [1.807, 2.05) is 49.4 Å². The first kappa shape index (κ1) is 25.0. The number of ether oxygens (including phenoxy) is 3. The zero-order valence-electron chi connectivity index (χ0n) is 21.2. The second-order valence-electron chi connectivity index (χ2n) is 8.79. The Bertz CT molecular complexity index is 1030. The van der Waals surface area contributed by atoms with Gasteiger partial charge in [0.05, 0.1) is 39.1 Å². The molecule has 1 unspecified atom stereocenters. The molecule has 1 fully saturated rings. The number of carbonyl (C=O) groups is 1. The van der Waals surface area contributed by atoms with Gasteiger partial charge in [-0.1, -0.05) is 19.1 Å². The zero-order chi connectivity index (χ0) is 24.8. The number of hydrogen-bond acceptors (Lipinski definition) is 7. The number of hydrazone groups is 1. The molecule has 8 heteroatoms. The lowest BCUT2D eigenvalue weighted by Crippen LogP contribution is -2.49. The van der Waals surface area contributed by atoms with Crippen molar-refractivity contribution in [3.8, 4) is 17.2 Å². The zero-order valence-corrected chi connectivity index (χ0v) is 21.2. The quantitative estimate of drug-likeness (QED) is 0.548. The lowest BCUT2D eigenvalue weighted by Gasteiger charge is -2.34. The summed E-state index contributed by atoms with van der Waals surface area (Å²) in [5.41, 5.74) is 2.82. The van der Waals surface area contributed by atoms with E-state index in [-0.39, 0.29) is 11.9 Å². The highest BCUT2D eigenvalue weighted by atomic mass is 16.5. The van der Waals surface area contributed by atoms with E-state index in [1.165, 1.54) is 0 Å². The Morgan fingerprint density at radius 1 is 0.943 bits per heavy atom. The van der Waals surface area contributed by atoms with E-state index in [9.17, 15) is 4.79 Å². The maximum Gasteiger partial charge on any atom is 0.257 e. The lowest BCUT2D eigenvalue weighted by atomic mass is 9.98. The minimum Gasteiger partial charge on any atom is -0.494 e. The van der Waals surface area contributed by atoms with Crippen LogP contribution in [0, 0.1) is 0 Å². The molecule has 35 heavy (non-hydrogen) atoms. The molecular formula is C27H36N4O4. The summed E-state index contributed by atoms with van der Waals surface area (Å²) in [5, 5.41) is 6.51. The first-order valence-corrected chi connectivity index (χ1v) is 12.4. The van der Waals surface area contributed by atoms with Crippen molar-refractivity contribution in [3.63, 3.8) is 0 Å². The maximum atomic E-state index is 13.5. The highest BCUT2D eigenvalue weighted by Crippen LogP contribution is 2.36. The number of benzene rings is 2. The minimum atomic E-state index is -0.168. The molecule has 2 aliphatic heterocycles. The van der Waals surface area contributed by atoms with E-state index >= 15 is 0 Å². The van der Waals surface area contributed by atoms with Gasteiger partial charge in [-0.25, -0.2) is 5.01 Å². The molecule has 0 N–H and O–H groups in total. The molecule has 1 saturated heterocycles. The monoisotopic (exact) mass is 480 g/mol. The third-order valence-corrected chi connectivity index (χ3v) is 6.73. The van der Waals surface area contributed by atoms with Crippen LogP contribution in [0.25, 0.3) is 0 Å². The average Bonchev–Trinajstić information content (AvgIpc) is 3.35. The van der Waals surface area contributed by atoms with E-state index in [0.717, 1.165) is 55.3 Å². The van der Waals surface area contributed by atoms with Gasteiger partial charge in [-0.3, -0.25) is 9.69 Å². The van der Waals surface area contributed by atoms with Crippen LogP contribution in [0.4, 0.5) is 0 Å². The molecule has 2 heterocycles. The number of likely N-dealkylation sites (N-methyl/N-ethyl adjacent to an activating group) is 1. The van der Waals surface area contributed by atoms with Crippen molar-refractivity contribution in [1.29, 1.82) is 0 Å². The molecule has 0 radical (unpaired) electrons. The standard InChI is InChI=1S/C27H36N4O4/c1-5-29-13-15-30(16-14-29)19-27(32)31-24(20-7-10-22(11-8-20)35-6-2)18-23(28-31)21-9-12-25(33-3)26(17-21)34-4/h7-12,17,24H,5-6,13-16,18-19H2,1-4H3. The Labute approximate surface area is 208 Å². The van der Waals surface area contributed by atoms with Gasteiger partial charge in [-0.15, -0.1) is 0 Å². The lowest BCUT2D eigenvalue weighted by molar-refractivity contribution is -0.134. The van der Waals surface area contributed by atoms with E-state index in [2.05, 4.69) is 16.7 Å². The summed E-state index contributed by atoms with van der Waals surface area (Å²) < 4.78 is 16.5. The van der Waals surface area contributed by atoms with Crippen LogP contribution in [0.1, 0.15) is 37.4 Å². The summed E-state index contributed by atoms with van der Waals surface area (Å²) >= 11 is 0. The predicted octanol–water partition coefficient (Wildman–Crippen LogP) is 3.42. The van der Waals surface area contributed by atoms with E-state index in [1.54, 1.807) is 19.2 Å². The van der Waals surface area contributed by atoms with Crippen LogP contribution < -0.4 is 14.2 Å². The second-order valence-corrected chi connectivity index (χ2v) is 8.79. The third kappa shape index (κ3) is 5.77. The molecule has 1 amide bonds. The van der Waals surface area contributed by atoms with Gasteiger partial charge in [0.1, 0.15) is 5.75 Å². The van der Waals surface area contributed by atoms with Gasteiger partial charge < -0.3 is 19.1 Å². The molecule has 0 saturated carbocycles. The van der Waals surface area contributed by atoms with Gasteiger partial charge in [-0.2, -0.15) is 5.10 Å². The summed E-state index contributed by atoms with van der Waals surface area (Å²) in [7, 11) is 3.24. The Morgan fingerprint density at radius 3 is 2.26 bits per heavy atom. The van der Waals surface area contributed by atoms with Gasteiger partial charge in [0, 0.05) is 38.2 Å². The van der Waals surface area contributed by atoms with Crippen molar-refractivity contribution in [2.45, 2.75) is 26.3 Å². The third-order valence-electron chi connectivity index (χ3n) is 6.73. The van der Waals surface area contributed by atoms with Crippen LogP contribution in [0.3, 0.4) is 0 Å². The Morgan fingerprint density at radius 2 is 1.63 bits per heavy atom. The van der Waals surface area contributed by atoms with Gasteiger partial charge in [0.25, 0.3) is 5.91 Å². The second kappa shape index (κ2) is 11.6. The predicted molar refractivity (Wildman–Crippen MR) is 136 cm³/mol. The van der Waals surface area contributed by atoms with Gasteiger partial charge >= 0.3 is 0 Å². The number of carbonyl (C=O) groups excluding carboxylic acids is 1. The number of nitrogens with zero attached hydrogens (tertiary/aromatic N) is 4. The topological polar surface area (TPSA) is 66.8 Å². The number of amides is 1. The first-order chi connectivity index (χ1) is 17.1. The summed E-state index contributed by atoms with van der Waals surface area (Å²) in [6.07, 6.45) is 0.624. The van der Waals surface area contributed by atoms with Crippen molar-refractivity contribution in [2.24, 2.45) is 5.10 Å². The molecule has 0 aliphatic carbocycles. The molecule has 0 spiro atoms. The summed E-state index contributed by atoms with van der Waals surface area (Å²) in [5.74, 6) is 2.15. The van der Waals surface area contributed by atoms with Crippen LogP contribution in [0.15, 0.2) is 47.6 Å². The number of hydrogen-bond donors (Lipinski definition) is 0. The summed E-state index contributed by atoms with van der Waals surface area (Å²) in [4.78, 5) is 18.2. The van der Waals surface area contributed by atoms with Crippen molar-refractivity contribution >= 4 is 11.6 Å². The first-order valence-electron chi connectivity index (χ1n) is 12.4. The fraction of sp³-hybridized carbons (Fsp3) is 0.481. The van der Waals surface area contributed by atoms with Crippen LogP contribution in [0.2, 0.25) is 0 Å². The molecule has 0 aromatic heterocycles. The molecule has 2 aromatic carbocycles. The molecule has 1 atom stereocenters. The normalized spacial score (nSPS) is 18.9. The molecular weight excluding hydrogens is 444 g/mol. The fourth-order valence-corrected chi connectivity index (χ4v) is 4.67. The smallest absolute Gasteiger partial charge is 0.257 e. The number of rotatable bonds is 9. The van der Waals surface area contributed by atoms with Crippen molar-refractivity contribution in [3.05, 3.63) is 53.6 Å². The highest BCUT2D eigenvalue weighted by Gasteiger charge is 2.34. The number of methoxy groups -OCH3 is 2. The van der Waals surface area contributed by atoms with E-state index in [0.29, 0.717) is 31.1 Å². The summed E-state index contributed by atoms with van der Waals surface area (Å²) in [6, 6.07) is 13.6. The van der Waals surface area contributed by atoms with Crippen LogP contribution >= 0.6 is 0 Å². The molecule has 0 bridgehead atoms. The molecule has 2 aromatic rings. The number of piperazine rings is 1. The highest BCUT2D eigenvalue weighted by molar-refractivity contribution is 6.03. The molecule has 188 valence electrons. The van der Waals surface area contributed by atoms with Gasteiger partial charge in [0.15, 0.2) is 11.5 Å². The fourth-order valence-electron chi connectivity index (χ4n) is 4.67. The molecule has 4 rings (SSSR count). The largest absolute Gasteiger partial charge is 0.494 e. The van der Waals surface area contributed by atoms with Crippen LogP contribution in [0.5, 0.6) is 17.2 Å². The van der Waals surface area contributed by atoms with Crippen molar-refractivity contribution < 1.29 is 19.0 Å². The average molecular weight is 481 g/mol. The van der Waals surface area contributed by atoms with Crippen LogP contribution in [-0.4, -0.2) is 86.5 Å². The van der Waals surface area contributed by atoms with Crippen molar-refractivity contribution in [2.75, 3.05) is 60.1 Å². The van der Waals surface area contributed by atoms with Gasteiger partial charge in [0.2, 0.25) is 0 Å². The van der Waals surface area contributed by atoms with Crippen LogP contribution in [-0.2, 0) is 4.79 Å². The molecule has 8 nitrogen and oxygen atoms in total. The molecule has 2 aliphatic rings. The van der Waals surface area contributed by atoms with Gasteiger partial charge in [-0.05, 0) is 49.4 Å². The van der Waals surface area contributed by atoms with Crippen molar-refractivity contribution in [1.82, 2.24) is 14.8 Å². The Balaban J connectivity index is 1.58. The Hall–Kier alpha value is -3.10. The minimum absolute atomic E-state index is 0.0179.